The molecule has 1 heterocycles. The molecule has 0 spiro atoms. The Bertz CT molecular complexity index is 537. The maximum Gasteiger partial charge on any atom is 0.356 e. The number of carbonyl (C=O) groups is 1. The fraction of sp³-hybridized carbons (Fsp3) is 0.500. The number of nitrogens with zero attached hydrogens (tertiary/aromatic N) is 2. The highest BCUT2D eigenvalue weighted by Crippen LogP contribution is 2.15. The number of nitrogens with one attached hydrogen (secondary N) is 1. The van der Waals surface area contributed by atoms with E-state index in [0.29, 0.717) is 5.82 Å². The average molecular weight is 273 g/mol. The van der Waals surface area contributed by atoms with Gasteiger partial charge >= 0.3 is 5.97 Å². The number of hydrogen-bond acceptors (Lipinski definition) is 6. The minimum Gasteiger partial charge on any atom is -0.476 e. The molecular formula is C10H15N3O4S. The monoisotopic (exact) mass is 273 g/mol. The first-order chi connectivity index (χ1) is 8.13. The molecule has 0 radical (unpaired) electrons. The van der Waals surface area contributed by atoms with Crippen LogP contribution >= 0.6 is 0 Å². The van der Waals surface area contributed by atoms with Gasteiger partial charge in [-0.1, -0.05) is 0 Å². The third-order valence-electron chi connectivity index (χ3n) is 2.58. The zero-order valence-electron chi connectivity index (χ0n) is 10.3. The van der Waals surface area contributed by atoms with E-state index in [9.17, 15) is 13.2 Å². The molecule has 100 valence electrons. The number of rotatable bonds is 5. The second kappa shape index (κ2) is 4.89. The molecule has 0 amide bonds. The van der Waals surface area contributed by atoms with Gasteiger partial charge in [-0.15, -0.1) is 10.2 Å². The predicted molar refractivity (Wildman–Crippen MR) is 66.4 cm³/mol. The van der Waals surface area contributed by atoms with E-state index in [2.05, 4.69) is 15.5 Å². The molecule has 0 aliphatic carbocycles. The van der Waals surface area contributed by atoms with Gasteiger partial charge in [-0.3, -0.25) is 0 Å². The minimum atomic E-state index is -3.20. The molecule has 0 aromatic carbocycles. The topological polar surface area (TPSA) is 109 Å². The molecule has 1 aromatic heterocycles. The number of aromatic nitrogens is 2. The van der Waals surface area contributed by atoms with E-state index in [1.165, 1.54) is 12.1 Å². The second-order valence-electron chi connectivity index (χ2n) is 4.49. The molecular weight excluding hydrogens is 258 g/mol. The summed E-state index contributed by atoms with van der Waals surface area (Å²) < 4.78 is 22.0. The standard InChI is InChI=1S/C10H15N3O4S/c1-10(2,18(3,16)17)6-11-8-5-4-7(9(14)15)12-13-8/h4-5H,6H2,1-3H3,(H,11,13)(H,14,15). The molecule has 0 saturated heterocycles. The van der Waals surface area contributed by atoms with Crippen LogP contribution in [0.1, 0.15) is 24.3 Å². The number of carboxylic acids is 1. The number of carboxylic acid groups (broad SMARTS) is 1. The smallest absolute Gasteiger partial charge is 0.356 e. The van der Waals surface area contributed by atoms with Crippen LogP contribution in [0.3, 0.4) is 0 Å². The summed E-state index contributed by atoms with van der Waals surface area (Å²) in [6, 6.07) is 2.74. The van der Waals surface area contributed by atoms with Crippen molar-refractivity contribution in [1.82, 2.24) is 10.2 Å². The molecule has 0 aliphatic rings. The fourth-order valence-electron chi connectivity index (χ4n) is 0.975. The SMILES string of the molecule is CC(C)(CNc1ccc(C(=O)O)nn1)S(C)(=O)=O. The molecule has 0 unspecified atom stereocenters. The van der Waals surface area contributed by atoms with Crippen molar-refractivity contribution in [2.75, 3.05) is 18.1 Å². The average Bonchev–Trinajstić information content (AvgIpc) is 2.25. The summed E-state index contributed by atoms with van der Waals surface area (Å²) in [5, 5.41) is 18.6. The van der Waals surface area contributed by atoms with Crippen LogP contribution in [0.5, 0.6) is 0 Å². The van der Waals surface area contributed by atoms with E-state index < -0.39 is 20.6 Å². The zero-order chi connectivity index (χ0) is 14.0. The summed E-state index contributed by atoms with van der Waals surface area (Å²) in [5.74, 6) is -0.831. The zero-order valence-corrected chi connectivity index (χ0v) is 11.2. The number of anilines is 1. The summed E-state index contributed by atoms with van der Waals surface area (Å²) in [6.07, 6.45) is 1.16. The Labute approximate surface area is 105 Å². The summed E-state index contributed by atoms with van der Waals surface area (Å²) in [6.45, 7) is 3.34. The molecule has 7 nitrogen and oxygen atoms in total. The van der Waals surface area contributed by atoms with Gasteiger partial charge in [-0.25, -0.2) is 13.2 Å². The van der Waals surface area contributed by atoms with Crippen molar-refractivity contribution in [3.8, 4) is 0 Å². The van der Waals surface area contributed by atoms with Crippen molar-refractivity contribution in [2.24, 2.45) is 0 Å². The Morgan fingerprint density at radius 3 is 2.39 bits per heavy atom. The Balaban J connectivity index is 2.73. The summed E-state index contributed by atoms with van der Waals surface area (Å²) in [7, 11) is -3.20. The van der Waals surface area contributed by atoms with Crippen molar-refractivity contribution in [2.45, 2.75) is 18.6 Å². The lowest BCUT2D eigenvalue weighted by molar-refractivity contribution is 0.0689. The summed E-state index contributed by atoms with van der Waals surface area (Å²) >= 11 is 0. The van der Waals surface area contributed by atoms with Gasteiger partial charge in [0, 0.05) is 12.8 Å². The summed E-state index contributed by atoms with van der Waals surface area (Å²) in [5.41, 5.74) is -0.164. The van der Waals surface area contributed by atoms with Crippen molar-refractivity contribution in [3.63, 3.8) is 0 Å². The maximum absolute atomic E-state index is 11.5. The molecule has 0 fully saturated rings. The highest BCUT2D eigenvalue weighted by atomic mass is 32.2. The lowest BCUT2D eigenvalue weighted by Gasteiger charge is -2.22. The van der Waals surface area contributed by atoms with E-state index in [0.717, 1.165) is 6.26 Å². The van der Waals surface area contributed by atoms with Gasteiger partial charge in [0.2, 0.25) is 0 Å². The van der Waals surface area contributed by atoms with E-state index in [1.807, 2.05) is 0 Å². The molecule has 1 rings (SSSR count). The highest BCUT2D eigenvalue weighted by molar-refractivity contribution is 7.92. The van der Waals surface area contributed by atoms with Crippen molar-refractivity contribution in [3.05, 3.63) is 17.8 Å². The normalized spacial score (nSPS) is 12.2. The Morgan fingerprint density at radius 1 is 1.39 bits per heavy atom. The first kappa shape index (κ1) is 14.4. The van der Waals surface area contributed by atoms with Gasteiger partial charge in [0.25, 0.3) is 0 Å². The van der Waals surface area contributed by atoms with Crippen LogP contribution in [0.2, 0.25) is 0 Å². The van der Waals surface area contributed by atoms with E-state index in [-0.39, 0.29) is 12.2 Å². The van der Waals surface area contributed by atoms with Gasteiger partial charge in [0.05, 0.1) is 4.75 Å². The van der Waals surface area contributed by atoms with Crippen LogP contribution in [0.15, 0.2) is 12.1 Å². The predicted octanol–water partition coefficient (Wildman–Crippen LogP) is 0.410. The van der Waals surface area contributed by atoms with Crippen LogP contribution in [0, 0.1) is 0 Å². The Morgan fingerprint density at radius 2 is 2.00 bits per heavy atom. The molecule has 0 saturated carbocycles. The summed E-state index contributed by atoms with van der Waals surface area (Å²) in [4.78, 5) is 10.6. The van der Waals surface area contributed by atoms with Gasteiger partial charge < -0.3 is 10.4 Å². The van der Waals surface area contributed by atoms with Crippen LogP contribution in [-0.2, 0) is 9.84 Å². The van der Waals surface area contributed by atoms with Crippen LogP contribution in [0.25, 0.3) is 0 Å². The molecule has 8 heteroatoms. The number of aromatic carboxylic acids is 1. The first-order valence-corrected chi connectivity index (χ1v) is 7.03. The Hall–Kier alpha value is -1.70. The number of sulfone groups is 1. The quantitative estimate of drug-likeness (QED) is 0.799. The van der Waals surface area contributed by atoms with Gasteiger partial charge in [0.1, 0.15) is 5.82 Å². The molecule has 1 aromatic rings. The van der Waals surface area contributed by atoms with E-state index >= 15 is 0 Å². The van der Waals surface area contributed by atoms with Crippen LogP contribution in [0.4, 0.5) is 5.82 Å². The van der Waals surface area contributed by atoms with Crippen LogP contribution in [-0.4, -0.2) is 47.2 Å². The largest absolute Gasteiger partial charge is 0.476 e. The van der Waals surface area contributed by atoms with Crippen molar-refractivity contribution in [1.29, 1.82) is 0 Å². The van der Waals surface area contributed by atoms with Crippen molar-refractivity contribution < 1.29 is 18.3 Å². The maximum atomic E-state index is 11.5. The van der Waals surface area contributed by atoms with E-state index in [1.54, 1.807) is 13.8 Å². The third kappa shape index (κ3) is 3.39. The molecule has 18 heavy (non-hydrogen) atoms. The molecule has 0 atom stereocenters. The minimum absolute atomic E-state index is 0.160. The van der Waals surface area contributed by atoms with Crippen molar-refractivity contribution >= 4 is 21.6 Å². The molecule has 0 bridgehead atoms. The molecule has 0 aliphatic heterocycles. The van der Waals surface area contributed by atoms with Gasteiger partial charge in [-0.2, -0.15) is 0 Å². The lowest BCUT2D eigenvalue weighted by atomic mass is 10.2. The Kier molecular flexibility index (Phi) is 3.90. The first-order valence-electron chi connectivity index (χ1n) is 5.14. The second-order valence-corrected chi connectivity index (χ2v) is 7.14. The fourth-order valence-corrected chi connectivity index (χ4v) is 1.31. The van der Waals surface area contributed by atoms with E-state index in [4.69, 9.17) is 5.11 Å². The van der Waals surface area contributed by atoms with Crippen LogP contribution < -0.4 is 5.32 Å². The third-order valence-corrected chi connectivity index (χ3v) is 4.73. The number of hydrogen-bond donors (Lipinski definition) is 2. The van der Waals surface area contributed by atoms with Gasteiger partial charge in [-0.05, 0) is 26.0 Å². The highest BCUT2D eigenvalue weighted by Gasteiger charge is 2.29. The lowest BCUT2D eigenvalue weighted by Crippen LogP contribution is -2.38. The van der Waals surface area contributed by atoms with Gasteiger partial charge in [0.15, 0.2) is 15.5 Å². The molecule has 2 N–H and O–H groups in total.